The molecule has 1 aromatic rings. The van der Waals surface area contributed by atoms with E-state index in [4.69, 9.17) is 4.74 Å². The SMILES string of the molecule is CC[C@@H](CNC(=O)N1CCC[C@@H](CO)C1)Oc1cccc(C)c1. The molecule has 2 rings (SSSR count). The maximum atomic E-state index is 12.3. The van der Waals surface area contributed by atoms with Gasteiger partial charge in [0.05, 0.1) is 6.54 Å². The van der Waals surface area contributed by atoms with Crippen LogP contribution in [0, 0.1) is 12.8 Å². The van der Waals surface area contributed by atoms with E-state index in [1.807, 2.05) is 31.2 Å². The van der Waals surface area contributed by atoms with Gasteiger partial charge in [-0.05, 0) is 49.8 Å². The molecule has 0 aliphatic carbocycles. The van der Waals surface area contributed by atoms with Crippen molar-refractivity contribution in [3.63, 3.8) is 0 Å². The fraction of sp³-hybridized carbons (Fsp3) is 0.611. The molecule has 0 aromatic heterocycles. The second kappa shape index (κ2) is 8.77. The average Bonchev–Trinajstić information content (AvgIpc) is 2.58. The zero-order chi connectivity index (χ0) is 16.7. The van der Waals surface area contributed by atoms with E-state index in [0.717, 1.165) is 37.1 Å². The molecule has 0 saturated carbocycles. The number of likely N-dealkylation sites (tertiary alicyclic amines) is 1. The quantitative estimate of drug-likeness (QED) is 0.847. The molecule has 2 amide bonds. The minimum atomic E-state index is -0.0607. The summed E-state index contributed by atoms with van der Waals surface area (Å²) < 4.78 is 5.95. The summed E-state index contributed by atoms with van der Waals surface area (Å²) in [5.74, 6) is 1.05. The van der Waals surface area contributed by atoms with E-state index in [1.54, 1.807) is 4.90 Å². The summed E-state index contributed by atoms with van der Waals surface area (Å²) in [5, 5.41) is 12.2. The standard InChI is InChI=1S/C18H28N2O3/c1-3-16(23-17-8-4-6-14(2)10-17)11-19-18(22)20-9-5-7-15(12-20)13-21/h4,6,8,10,15-16,21H,3,5,7,9,11-13H2,1-2H3,(H,19,22)/t15-,16+/m1/s1. The number of ether oxygens (including phenoxy) is 1. The van der Waals surface area contributed by atoms with Crippen molar-refractivity contribution in [2.24, 2.45) is 5.92 Å². The second-order valence-electron chi connectivity index (χ2n) is 6.29. The topological polar surface area (TPSA) is 61.8 Å². The number of benzene rings is 1. The molecule has 0 unspecified atom stereocenters. The minimum Gasteiger partial charge on any atom is -0.489 e. The van der Waals surface area contributed by atoms with Gasteiger partial charge in [-0.25, -0.2) is 4.79 Å². The van der Waals surface area contributed by atoms with Crippen LogP contribution >= 0.6 is 0 Å². The molecule has 2 N–H and O–H groups in total. The summed E-state index contributed by atoms with van der Waals surface area (Å²) in [5.41, 5.74) is 1.16. The summed E-state index contributed by atoms with van der Waals surface area (Å²) in [6.07, 6.45) is 2.73. The number of aryl methyl sites for hydroxylation is 1. The van der Waals surface area contributed by atoms with Gasteiger partial charge in [-0.2, -0.15) is 0 Å². The van der Waals surface area contributed by atoms with Gasteiger partial charge in [0.25, 0.3) is 0 Å². The van der Waals surface area contributed by atoms with Crippen molar-refractivity contribution < 1.29 is 14.6 Å². The van der Waals surface area contributed by atoms with Crippen LogP contribution < -0.4 is 10.1 Å². The van der Waals surface area contributed by atoms with E-state index >= 15 is 0 Å². The number of aliphatic hydroxyl groups is 1. The first-order chi connectivity index (χ1) is 11.1. The first-order valence-electron chi connectivity index (χ1n) is 8.49. The van der Waals surface area contributed by atoms with E-state index < -0.39 is 0 Å². The Hall–Kier alpha value is -1.75. The lowest BCUT2D eigenvalue weighted by molar-refractivity contribution is 0.125. The summed E-state index contributed by atoms with van der Waals surface area (Å²) in [7, 11) is 0. The number of hydrogen-bond donors (Lipinski definition) is 2. The third-order valence-corrected chi connectivity index (χ3v) is 4.29. The van der Waals surface area contributed by atoms with Gasteiger partial charge < -0.3 is 20.1 Å². The van der Waals surface area contributed by atoms with Crippen molar-refractivity contribution in [2.75, 3.05) is 26.2 Å². The van der Waals surface area contributed by atoms with Crippen LogP contribution in [-0.2, 0) is 0 Å². The molecular weight excluding hydrogens is 292 g/mol. The molecule has 0 bridgehead atoms. The van der Waals surface area contributed by atoms with Gasteiger partial charge >= 0.3 is 6.03 Å². The Balaban J connectivity index is 1.81. The zero-order valence-corrected chi connectivity index (χ0v) is 14.1. The fourth-order valence-electron chi connectivity index (χ4n) is 2.86. The minimum absolute atomic E-state index is 0.0424. The van der Waals surface area contributed by atoms with E-state index in [-0.39, 0.29) is 24.7 Å². The lowest BCUT2D eigenvalue weighted by Gasteiger charge is -2.32. The molecule has 1 heterocycles. The summed E-state index contributed by atoms with van der Waals surface area (Å²) >= 11 is 0. The predicted molar refractivity (Wildman–Crippen MR) is 90.7 cm³/mol. The van der Waals surface area contributed by atoms with E-state index in [1.165, 1.54) is 0 Å². The molecule has 128 valence electrons. The molecule has 5 nitrogen and oxygen atoms in total. The van der Waals surface area contributed by atoms with Gasteiger partial charge in [0.1, 0.15) is 11.9 Å². The average molecular weight is 320 g/mol. The van der Waals surface area contributed by atoms with Crippen LogP contribution in [0.3, 0.4) is 0 Å². The maximum Gasteiger partial charge on any atom is 0.317 e. The number of rotatable bonds is 6. The molecule has 23 heavy (non-hydrogen) atoms. The van der Waals surface area contributed by atoms with Gasteiger partial charge in [0.15, 0.2) is 0 Å². The monoisotopic (exact) mass is 320 g/mol. The smallest absolute Gasteiger partial charge is 0.317 e. The highest BCUT2D eigenvalue weighted by Gasteiger charge is 2.23. The highest BCUT2D eigenvalue weighted by Crippen LogP contribution is 2.17. The number of carbonyl (C=O) groups excluding carboxylic acids is 1. The maximum absolute atomic E-state index is 12.3. The van der Waals surface area contributed by atoms with Gasteiger partial charge in [0.2, 0.25) is 0 Å². The number of urea groups is 1. The van der Waals surface area contributed by atoms with Crippen LogP contribution in [0.2, 0.25) is 0 Å². The van der Waals surface area contributed by atoms with E-state index in [2.05, 4.69) is 12.2 Å². The summed E-state index contributed by atoms with van der Waals surface area (Å²) in [4.78, 5) is 14.1. The Morgan fingerprint density at radius 1 is 1.52 bits per heavy atom. The molecule has 1 fully saturated rings. The predicted octanol–water partition coefficient (Wildman–Crippen LogP) is 2.57. The van der Waals surface area contributed by atoms with Gasteiger partial charge in [-0.15, -0.1) is 0 Å². The van der Waals surface area contributed by atoms with Crippen LogP contribution in [0.25, 0.3) is 0 Å². The van der Waals surface area contributed by atoms with Crippen LogP contribution in [0.1, 0.15) is 31.7 Å². The number of nitrogens with zero attached hydrogens (tertiary/aromatic N) is 1. The Labute approximate surface area is 138 Å². The number of aliphatic hydroxyl groups excluding tert-OH is 1. The Morgan fingerprint density at radius 3 is 3.04 bits per heavy atom. The first-order valence-corrected chi connectivity index (χ1v) is 8.49. The zero-order valence-electron chi connectivity index (χ0n) is 14.1. The lowest BCUT2D eigenvalue weighted by atomic mass is 9.99. The fourth-order valence-corrected chi connectivity index (χ4v) is 2.86. The molecule has 0 radical (unpaired) electrons. The van der Waals surface area contributed by atoms with Crippen LogP contribution in [0.4, 0.5) is 4.79 Å². The lowest BCUT2D eigenvalue weighted by Crippen LogP contribution is -2.48. The molecule has 5 heteroatoms. The number of hydrogen-bond acceptors (Lipinski definition) is 3. The van der Waals surface area contributed by atoms with Crippen molar-refractivity contribution in [2.45, 2.75) is 39.2 Å². The highest BCUT2D eigenvalue weighted by atomic mass is 16.5. The third-order valence-electron chi connectivity index (χ3n) is 4.29. The van der Waals surface area contributed by atoms with Gasteiger partial charge in [0, 0.05) is 19.7 Å². The third kappa shape index (κ3) is 5.43. The molecule has 1 aliphatic heterocycles. The van der Waals surface area contributed by atoms with E-state index in [0.29, 0.717) is 13.1 Å². The number of carbonyl (C=O) groups is 1. The molecule has 1 saturated heterocycles. The molecule has 1 aliphatic rings. The molecule has 1 aromatic carbocycles. The largest absolute Gasteiger partial charge is 0.489 e. The first kappa shape index (κ1) is 17.6. The van der Waals surface area contributed by atoms with Crippen molar-refractivity contribution in [1.29, 1.82) is 0 Å². The van der Waals surface area contributed by atoms with Crippen molar-refractivity contribution >= 4 is 6.03 Å². The van der Waals surface area contributed by atoms with Crippen LogP contribution in [0.5, 0.6) is 5.75 Å². The normalized spacial score (nSPS) is 19.3. The summed E-state index contributed by atoms with van der Waals surface area (Å²) in [6.45, 7) is 6.12. The Bertz CT molecular complexity index is 507. The van der Waals surface area contributed by atoms with Gasteiger partial charge in [-0.1, -0.05) is 19.1 Å². The number of amides is 2. The Morgan fingerprint density at radius 2 is 2.35 bits per heavy atom. The molecular formula is C18H28N2O3. The Kier molecular flexibility index (Phi) is 6.71. The molecule has 0 spiro atoms. The van der Waals surface area contributed by atoms with Crippen molar-refractivity contribution in [1.82, 2.24) is 10.2 Å². The molecule has 2 atom stereocenters. The highest BCUT2D eigenvalue weighted by molar-refractivity contribution is 5.74. The second-order valence-corrected chi connectivity index (χ2v) is 6.29. The number of piperidine rings is 1. The van der Waals surface area contributed by atoms with Gasteiger partial charge in [-0.3, -0.25) is 0 Å². The van der Waals surface area contributed by atoms with Crippen LogP contribution in [0.15, 0.2) is 24.3 Å². The van der Waals surface area contributed by atoms with Crippen molar-refractivity contribution in [3.8, 4) is 5.75 Å². The van der Waals surface area contributed by atoms with Crippen molar-refractivity contribution in [3.05, 3.63) is 29.8 Å². The van der Waals surface area contributed by atoms with E-state index in [9.17, 15) is 9.90 Å². The van der Waals surface area contributed by atoms with Crippen LogP contribution in [-0.4, -0.2) is 48.4 Å². The number of nitrogens with one attached hydrogen (secondary N) is 1. The summed E-state index contributed by atoms with van der Waals surface area (Å²) in [6, 6.07) is 7.88.